The Labute approximate surface area is 181 Å². The van der Waals surface area contributed by atoms with Crippen LogP contribution in [0.2, 0.25) is 0 Å². The van der Waals surface area contributed by atoms with Gasteiger partial charge in [-0.05, 0) is 43.3 Å². The fraction of sp³-hybridized carbons (Fsp3) is 0.0909. The summed E-state index contributed by atoms with van der Waals surface area (Å²) >= 11 is 1.15. The third kappa shape index (κ3) is 4.77. The summed E-state index contributed by atoms with van der Waals surface area (Å²) in [6.45, 7) is 1.99. The van der Waals surface area contributed by atoms with Crippen molar-refractivity contribution in [2.45, 2.75) is 12.1 Å². The van der Waals surface area contributed by atoms with E-state index in [0.717, 1.165) is 35.1 Å². The molecule has 6 nitrogen and oxygen atoms in total. The van der Waals surface area contributed by atoms with Crippen molar-refractivity contribution in [3.8, 4) is 17.2 Å². The third-order valence-corrected chi connectivity index (χ3v) is 5.29. The van der Waals surface area contributed by atoms with Gasteiger partial charge in [-0.1, -0.05) is 35.5 Å². The molecule has 1 amide bonds. The van der Waals surface area contributed by atoms with E-state index < -0.39 is 17.5 Å². The van der Waals surface area contributed by atoms with Gasteiger partial charge in [-0.15, -0.1) is 10.2 Å². The van der Waals surface area contributed by atoms with Crippen LogP contribution < -0.4 is 5.32 Å². The number of carbonyl (C=O) groups is 1. The Hall–Kier alpha value is -3.59. The van der Waals surface area contributed by atoms with Crippen LogP contribution in [0.3, 0.4) is 0 Å². The summed E-state index contributed by atoms with van der Waals surface area (Å²) < 4.78 is 28.7. The van der Waals surface area contributed by atoms with E-state index in [1.807, 2.05) is 54.0 Å². The lowest BCUT2D eigenvalue weighted by Gasteiger charge is -2.10. The summed E-state index contributed by atoms with van der Waals surface area (Å²) in [6, 6.07) is 16.3. The summed E-state index contributed by atoms with van der Waals surface area (Å²) in [5, 5.41) is 11.4. The van der Waals surface area contributed by atoms with Crippen LogP contribution in [-0.4, -0.2) is 31.4 Å². The first-order valence-corrected chi connectivity index (χ1v) is 10.3. The Bertz CT molecular complexity index is 1210. The highest BCUT2D eigenvalue weighted by Gasteiger charge is 2.18. The predicted molar refractivity (Wildman–Crippen MR) is 115 cm³/mol. The average Bonchev–Trinajstić information content (AvgIpc) is 3.19. The van der Waals surface area contributed by atoms with Gasteiger partial charge in [0.1, 0.15) is 17.3 Å². The number of halogens is 2. The molecule has 0 fully saturated rings. The normalized spacial score (nSPS) is 10.8. The molecule has 0 aliphatic rings. The molecular formula is C22H17F2N5OS. The molecule has 0 atom stereocenters. The Kier molecular flexibility index (Phi) is 6.03. The van der Waals surface area contributed by atoms with Gasteiger partial charge in [-0.25, -0.2) is 8.78 Å². The van der Waals surface area contributed by atoms with Crippen molar-refractivity contribution in [2.24, 2.45) is 0 Å². The minimum Gasteiger partial charge on any atom is -0.323 e. The van der Waals surface area contributed by atoms with Crippen molar-refractivity contribution in [1.82, 2.24) is 19.7 Å². The van der Waals surface area contributed by atoms with Gasteiger partial charge in [0.05, 0.1) is 11.4 Å². The van der Waals surface area contributed by atoms with E-state index in [9.17, 15) is 13.6 Å². The largest absolute Gasteiger partial charge is 0.323 e. The van der Waals surface area contributed by atoms with E-state index in [1.165, 1.54) is 6.07 Å². The first kappa shape index (κ1) is 20.7. The van der Waals surface area contributed by atoms with Gasteiger partial charge in [0, 0.05) is 18.0 Å². The van der Waals surface area contributed by atoms with Crippen LogP contribution in [0.15, 0.2) is 72.0 Å². The fourth-order valence-electron chi connectivity index (χ4n) is 2.86. The summed E-state index contributed by atoms with van der Waals surface area (Å²) in [5.74, 6) is -1.50. The first-order valence-electron chi connectivity index (χ1n) is 9.33. The van der Waals surface area contributed by atoms with Crippen LogP contribution in [0.5, 0.6) is 0 Å². The van der Waals surface area contributed by atoms with Crippen LogP contribution in [0.1, 0.15) is 5.56 Å². The molecular weight excluding hydrogens is 420 g/mol. The second kappa shape index (κ2) is 9.05. The number of anilines is 1. The number of nitrogens with one attached hydrogen (secondary N) is 1. The maximum Gasteiger partial charge on any atom is 0.234 e. The van der Waals surface area contributed by atoms with Crippen molar-refractivity contribution in [1.29, 1.82) is 0 Å². The van der Waals surface area contributed by atoms with E-state index in [-0.39, 0.29) is 11.4 Å². The lowest BCUT2D eigenvalue weighted by Crippen LogP contribution is -2.15. The Morgan fingerprint density at radius 1 is 1.06 bits per heavy atom. The highest BCUT2D eigenvalue weighted by atomic mass is 32.2. The van der Waals surface area contributed by atoms with Crippen LogP contribution in [0.25, 0.3) is 17.2 Å². The van der Waals surface area contributed by atoms with E-state index in [0.29, 0.717) is 16.7 Å². The minimum absolute atomic E-state index is 0.0387. The van der Waals surface area contributed by atoms with Gasteiger partial charge in [0.15, 0.2) is 11.0 Å². The van der Waals surface area contributed by atoms with Crippen LogP contribution in [0.4, 0.5) is 14.5 Å². The number of thioether (sulfide) groups is 1. The number of carbonyl (C=O) groups excluding carboxylic acids is 1. The lowest BCUT2D eigenvalue weighted by atomic mass is 10.2. The van der Waals surface area contributed by atoms with Gasteiger partial charge in [-0.2, -0.15) is 0 Å². The molecule has 4 aromatic rings. The molecule has 0 bridgehead atoms. The smallest absolute Gasteiger partial charge is 0.234 e. The molecule has 2 heterocycles. The van der Waals surface area contributed by atoms with E-state index >= 15 is 0 Å². The molecule has 0 aliphatic carbocycles. The Morgan fingerprint density at radius 2 is 1.87 bits per heavy atom. The number of pyridine rings is 1. The van der Waals surface area contributed by atoms with Crippen molar-refractivity contribution in [3.63, 3.8) is 0 Å². The molecule has 9 heteroatoms. The van der Waals surface area contributed by atoms with Gasteiger partial charge in [-0.3, -0.25) is 14.3 Å². The molecule has 156 valence electrons. The SMILES string of the molecule is Cc1ccc(-n2c(SCC(=O)Nc3ccc(F)cc3F)nnc2-c2ccccn2)cc1. The zero-order valence-corrected chi connectivity index (χ0v) is 17.2. The summed E-state index contributed by atoms with van der Waals surface area (Å²) in [6.07, 6.45) is 1.67. The standard InChI is InChI=1S/C22H17F2N5OS/c1-14-5-8-16(9-6-14)29-21(19-4-2-3-11-25-19)27-28-22(29)31-13-20(30)26-18-10-7-15(23)12-17(18)24/h2-12H,13H2,1H3,(H,26,30). The maximum absolute atomic E-state index is 13.8. The number of nitrogens with zero attached hydrogens (tertiary/aromatic N) is 4. The average molecular weight is 437 g/mol. The molecule has 1 N–H and O–H groups in total. The molecule has 0 spiro atoms. The minimum atomic E-state index is -0.835. The van der Waals surface area contributed by atoms with Gasteiger partial charge in [0.2, 0.25) is 5.91 Å². The van der Waals surface area contributed by atoms with Crippen LogP contribution in [-0.2, 0) is 4.79 Å². The molecule has 31 heavy (non-hydrogen) atoms. The second-order valence-corrected chi connectivity index (χ2v) is 7.60. The highest BCUT2D eigenvalue weighted by Crippen LogP contribution is 2.27. The number of hydrogen-bond donors (Lipinski definition) is 1. The van der Waals surface area contributed by atoms with Crippen LogP contribution >= 0.6 is 11.8 Å². The number of aromatic nitrogens is 4. The number of hydrogen-bond acceptors (Lipinski definition) is 5. The van der Waals surface area contributed by atoms with Gasteiger partial charge >= 0.3 is 0 Å². The predicted octanol–water partition coefficient (Wildman–Crippen LogP) is 4.65. The zero-order chi connectivity index (χ0) is 21.8. The molecule has 2 aromatic carbocycles. The lowest BCUT2D eigenvalue weighted by molar-refractivity contribution is -0.113. The monoisotopic (exact) mass is 437 g/mol. The molecule has 0 aliphatic heterocycles. The molecule has 0 saturated heterocycles. The molecule has 0 unspecified atom stereocenters. The highest BCUT2D eigenvalue weighted by molar-refractivity contribution is 7.99. The number of benzene rings is 2. The van der Waals surface area contributed by atoms with Gasteiger partial charge < -0.3 is 5.32 Å². The molecule has 0 saturated carbocycles. The second-order valence-electron chi connectivity index (χ2n) is 6.65. The van der Waals surface area contributed by atoms with Crippen molar-refractivity contribution in [2.75, 3.05) is 11.1 Å². The molecule has 2 aromatic heterocycles. The maximum atomic E-state index is 13.8. The van der Waals surface area contributed by atoms with Gasteiger partial charge in [0.25, 0.3) is 0 Å². The summed E-state index contributed by atoms with van der Waals surface area (Å²) in [7, 11) is 0. The number of amides is 1. The van der Waals surface area contributed by atoms with Crippen molar-refractivity contribution < 1.29 is 13.6 Å². The van der Waals surface area contributed by atoms with Crippen molar-refractivity contribution in [3.05, 3.63) is 84.1 Å². The third-order valence-electron chi connectivity index (χ3n) is 4.36. The topological polar surface area (TPSA) is 72.7 Å². The Balaban J connectivity index is 1.58. The first-order chi connectivity index (χ1) is 15.0. The summed E-state index contributed by atoms with van der Waals surface area (Å²) in [5.41, 5.74) is 2.48. The zero-order valence-electron chi connectivity index (χ0n) is 16.4. The fourth-order valence-corrected chi connectivity index (χ4v) is 3.61. The van der Waals surface area contributed by atoms with Crippen LogP contribution in [0, 0.1) is 18.6 Å². The van der Waals surface area contributed by atoms with Crippen molar-refractivity contribution >= 4 is 23.4 Å². The summed E-state index contributed by atoms with van der Waals surface area (Å²) in [4.78, 5) is 16.7. The molecule has 0 radical (unpaired) electrons. The Morgan fingerprint density at radius 3 is 2.58 bits per heavy atom. The van der Waals surface area contributed by atoms with E-state index in [1.54, 1.807) is 6.20 Å². The number of aryl methyl sites for hydroxylation is 1. The number of rotatable bonds is 6. The van der Waals surface area contributed by atoms with E-state index in [4.69, 9.17) is 0 Å². The molecule has 4 rings (SSSR count). The van der Waals surface area contributed by atoms with E-state index in [2.05, 4.69) is 20.5 Å². The quantitative estimate of drug-likeness (QED) is 0.445.